The van der Waals surface area contributed by atoms with Gasteiger partial charge in [-0.25, -0.2) is 0 Å². The van der Waals surface area contributed by atoms with Crippen LogP contribution in [0.4, 0.5) is 0 Å². The third-order valence-electron chi connectivity index (χ3n) is 5.12. The molecule has 0 unspecified atom stereocenters. The maximum atomic E-state index is 9.45. The van der Waals surface area contributed by atoms with Crippen LogP contribution in [0.3, 0.4) is 0 Å². The number of hydrogen-bond acceptors (Lipinski definition) is 2. The van der Waals surface area contributed by atoms with Crippen LogP contribution < -0.4 is 0 Å². The molecule has 0 radical (unpaired) electrons. The molecule has 0 fully saturated rings. The van der Waals surface area contributed by atoms with E-state index in [1.807, 2.05) is 18.2 Å². The molecule has 142 valence electrons. The highest BCUT2D eigenvalue weighted by Crippen LogP contribution is 2.45. The summed E-state index contributed by atoms with van der Waals surface area (Å²) in [5.41, 5.74) is 6.76. The van der Waals surface area contributed by atoms with Gasteiger partial charge in [0.05, 0.1) is 21.6 Å². The molecule has 0 aliphatic rings. The second-order valence-corrected chi connectivity index (χ2v) is 9.33. The first-order valence-electron chi connectivity index (χ1n) is 9.41. The van der Waals surface area contributed by atoms with Crippen molar-refractivity contribution in [3.05, 3.63) is 100 Å². The molecular formula is C25H18BrNOS. The number of benzene rings is 3. The lowest BCUT2D eigenvalue weighted by Crippen LogP contribution is -1.98. The van der Waals surface area contributed by atoms with Gasteiger partial charge in [0, 0.05) is 21.5 Å². The second-order valence-electron chi connectivity index (χ2n) is 6.87. The molecule has 0 saturated carbocycles. The lowest BCUT2D eigenvalue weighted by atomic mass is 10.0. The van der Waals surface area contributed by atoms with Crippen molar-refractivity contribution in [2.75, 3.05) is 0 Å². The van der Waals surface area contributed by atoms with E-state index in [9.17, 15) is 5.11 Å². The minimum absolute atomic E-state index is 0.0483. The Morgan fingerprint density at radius 3 is 2.21 bits per heavy atom. The molecule has 0 atom stereocenters. The molecule has 0 saturated heterocycles. The molecule has 2 aromatic heterocycles. The van der Waals surface area contributed by atoms with Crippen LogP contribution in [0.15, 0.2) is 94.8 Å². The fourth-order valence-corrected chi connectivity index (χ4v) is 5.27. The van der Waals surface area contributed by atoms with Crippen LogP contribution in [0.1, 0.15) is 5.56 Å². The third-order valence-corrected chi connectivity index (χ3v) is 6.76. The van der Waals surface area contributed by atoms with Crippen LogP contribution in [0.2, 0.25) is 0 Å². The summed E-state index contributed by atoms with van der Waals surface area (Å²) in [5.74, 6) is 0. The fraction of sp³-hybridized carbons (Fsp3) is 0.0400. The Hall–Kier alpha value is -2.66. The molecule has 4 heteroatoms. The van der Waals surface area contributed by atoms with E-state index in [0.29, 0.717) is 0 Å². The highest BCUT2D eigenvalue weighted by atomic mass is 79.9. The number of halogens is 1. The van der Waals surface area contributed by atoms with Gasteiger partial charge < -0.3 is 9.67 Å². The van der Waals surface area contributed by atoms with Crippen LogP contribution in [0, 0.1) is 0 Å². The summed E-state index contributed by atoms with van der Waals surface area (Å²) in [7, 11) is 0. The van der Waals surface area contributed by atoms with Crippen LogP contribution in [-0.4, -0.2) is 9.67 Å². The number of rotatable bonds is 4. The topological polar surface area (TPSA) is 25.2 Å². The van der Waals surface area contributed by atoms with E-state index in [1.165, 1.54) is 32.6 Å². The van der Waals surface area contributed by atoms with E-state index < -0.39 is 0 Å². The molecule has 0 aliphatic heterocycles. The normalized spacial score (nSPS) is 11.2. The number of para-hydroxylation sites is 1. The molecule has 0 bridgehead atoms. The Bertz CT molecular complexity index is 1290. The molecule has 5 rings (SSSR count). The summed E-state index contributed by atoms with van der Waals surface area (Å²) in [6, 6.07) is 31.5. The van der Waals surface area contributed by atoms with Gasteiger partial charge in [0.25, 0.3) is 0 Å². The summed E-state index contributed by atoms with van der Waals surface area (Å²) >= 11 is 5.38. The Balaban J connectivity index is 1.91. The number of aliphatic hydroxyl groups is 1. The van der Waals surface area contributed by atoms with Gasteiger partial charge in [-0.1, -0.05) is 60.7 Å². The molecule has 1 N–H and O–H groups in total. The molecule has 3 aromatic carbocycles. The highest BCUT2D eigenvalue weighted by Gasteiger charge is 2.21. The lowest BCUT2D eigenvalue weighted by Gasteiger charge is -2.13. The fourth-order valence-electron chi connectivity index (χ4n) is 3.83. The molecule has 2 nitrogen and oxygen atoms in total. The number of aliphatic hydroxyl groups excluding tert-OH is 1. The van der Waals surface area contributed by atoms with Crippen molar-refractivity contribution in [2.24, 2.45) is 0 Å². The zero-order valence-corrected chi connectivity index (χ0v) is 18.0. The average Bonchev–Trinajstić information content (AvgIpc) is 3.35. The molecule has 2 heterocycles. The van der Waals surface area contributed by atoms with Gasteiger partial charge in [-0.05, 0) is 57.4 Å². The Kier molecular flexibility index (Phi) is 4.84. The molecule has 0 aliphatic carbocycles. The first-order valence-corrected chi connectivity index (χ1v) is 11.0. The van der Waals surface area contributed by atoms with Crippen LogP contribution >= 0.6 is 27.3 Å². The maximum absolute atomic E-state index is 9.45. The van der Waals surface area contributed by atoms with Crippen LogP contribution in [0.25, 0.3) is 38.3 Å². The van der Waals surface area contributed by atoms with Gasteiger partial charge in [0.15, 0.2) is 0 Å². The van der Waals surface area contributed by atoms with Gasteiger partial charge in [-0.3, -0.25) is 0 Å². The van der Waals surface area contributed by atoms with E-state index in [2.05, 4.69) is 93.3 Å². The van der Waals surface area contributed by atoms with Crippen molar-refractivity contribution in [1.82, 2.24) is 4.57 Å². The predicted octanol–water partition coefficient (Wildman–Crippen LogP) is 7.28. The van der Waals surface area contributed by atoms with E-state index in [4.69, 9.17) is 0 Å². The van der Waals surface area contributed by atoms with Crippen molar-refractivity contribution in [2.45, 2.75) is 6.61 Å². The zero-order valence-electron chi connectivity index (χ0n) is 15.5. The highest BCUT2D eigenvalue weighted by molar-refractivity contribution is 9.11. The average molecular weight is 460 g/mol. The van der Waals surface area contributed by atoms with Crippen LogP contribution in [0.5, 0.6) is 0 Å². The summed E-state index contributed by atoms with van der Waals surface area (Å²) in [4.78, 5) is 1.23. The summed E-state index contributed by atoms with van der Waals surface area (Å²) in [6.07, 6.45) is 0. The third kappa shape index (κ3) is 3.23. The van der Waals surface area contributed by atoms with Gasteiger partial charge in [0.1, 0.15) is 0 Å². The van der Waals surface area contributed by atoms with Gasteiger partial charge in [-0.15, -0.1) is 11.3 Å². The summed E-state index contributed by atoms with van der Waals surface area (Å²) in [6.45, 7) is 0.0483. The number of fused-ring (bicyclic) bond motifs is 1. The van der Waals surface area contributed by atoms with Gasteiger partial charge in [-0.2, -0.15) is 0 Å². The lowest BCUT2D eigenvalue weighted by molar-refractivity contribution is 0.282. The molecule has 29 heavy (non-hydrogen) atoms. The van der Waals surface area contributed by atoms with Crippen molar-refractivity contribution < 1.29 is 5.11 Å². The molecule has 5 aromatic rings. The van der Waals surface area contributed by atoms with Gasteiger partial charge in [0.2, 0.25) is 0 Å². The minimum atomic E-state index is 0.0483. The van der Waals surface area contributed by atoms with Gasteiger partial charge >= 0.3 is 0 Å². The SMILES string of the molecule is OCc1ccc(-n2c(-c3ccccc3)c(-c3ccc(Br)s3)c3ccccc32)cc1. The zero-order chi connectivity index (χ0) is 19.8. The quantitative estimate of drug-likeness (QED) is 0.300. The number of nitrogens with zero attached hydrogens (tertiary/aromatic N) is 1. The van der Waals surface area contributed by atoms with E-state index in [0.717, 1.165) is 15.0 Å². The number of aromatic nitrogens is 1. The van der Waals surface area contributed by atoms with E-state index in [1.54, 1.807) is 11.3 Å². The molecule has 0 spiro atoms. The molecule has 0 amide bonds. The molecular weight excluding hydrogens is 442 g/mol. The Morgan fingerprint density at radius 1 is 0.793 bits per heavy atom. The maximum Gasteiger partial charge on any atom is 0.0705 e. The van der Waals surface area contributed by atoms with Crippen molar-refractivity contribution in [1.29, 1.82) is 0 Å². The smallest absolute Gasteiger partial charge is 0.0705 e. The Morgan fingerprint density at radius 2 is 1.52 bits per heavy atom. The Labute approximate surface area is 181 Å². The van der Waals surface area contributed by atoms with Crippen LogP contribution in [-0.2, 0) is 6.61 Å². The van der Waals surface area contributed by atoms with E-state index in [-0.39, 0.29) is 6.61 Å². The number of hydrogen-bond donors (Lipinski definition) is 1. The second kappa shape index (κ2) is 7.64. The van der Waals surface area contributed by atoms with Crippen molar-refractivity contribution >= 4 is 38.2 Å². The number of thiophene rings is 1. The van der Waals surface area contributed by atoms with Crippen molar-refractivity contribution in [3.63, 3.8) is 0 Å². The predicted molar refractivity (Wildman–Crippen MR) is 126 cm³/mol. The minimum Gasteiger partial charge on any atom is -0.392 e. The largest absolute Gasteiger partial charge is 0.392 e. The van der Waals surface area contributed by atoms with Crippen molar-refractivity contribution in [3.8, 4) is 27.4 Å². The first kappa shape index (κ1) is 18.4. The summed E-state index contributed by atoms with van der Waals surface area (Å²) in [5, 5.41) is 10.7. The van der Waals surface area contributed by atoms with E-state index >= 15 is 0 Å². The first-order chi connectivity index (χ1) is 14.3. The monoisotopic (exact) mass is 459 g/mol. The summed E-state index contributed by atoms with van der Waals surface area (Å²) < 4.78 is 3.45. The standard InChI is InChI=1S/C25H18BrNOS/c26-23-15-14-22(29-23)24-20-8-4-5-9-21(20)27(19-12-10-17(16-28)11-13-19)25(24)18-6-2-1-3-7-18/h1-15,28H,16H2.